The Kier molecular flexibility index (Phi) is 6.55. The summed E-state index contributed by atoms with van der Waals surface area (Å²) in [6.07, 6.45) is 8.20. The number of allylic oxidation sites excluding steroid dienone is 4. The van der Waals surface area contributed by atoms with Gasteiger partial charge in [0.05, 0.1) is 12.5 Å². The highest BCUT2D eigenvalue weighted by molar-refractivity contribution is 5.67. The van der Waals surface area contributed by atoms with E-state index in [4.69, 9.17) is 9.84 Å². The van der Waals surface area contributed by atoms with E-state index >= 15 is 0 Å². The molecule has 0 aromatic heterocycles. The van der Waals surface area contributed by atoms with E-state index in [1.807, 2.05) is 0 Å². The minimum Gasteiger partial charge on any atom is -0.481 e. The number of rotatable bonds is 6. The first-order valence-electron chi connectivity index (χ1n) is 3.91. The molecule has 0 radical (unpaired) electrons. The van der Waals surface area contributed by atoms with Crippen LogP contribution in [-0.4, -0.2) is 24.3 Å². The second-order valence-electron chi connectivity index (χ2n) is 2.38. The largest absolute Gasteiger partial charge is 0.481 e. The van der Waals surface area contributed by atoms with Gasteiger partial charge in [-0.15, -0.1) is 0 Å². The fourth-order valence-corrected chi connectivity index (χ4v) is 0.733. The number of carbonyl (C=O) groups is 1. The summed E-state index contributed by atoms with van der Waals surface area (Å²) < 4.78 is 4.91. The normalized spacial score (nSPS) is 13.6. The van der Waals surface area contributed by atoms with Crippen molar-refractivity contribution in [2.75, 3.05) is 7.11 Å². The molecule has 0 spiro atoms. The SMILES string of the molecule is C=C/C=C/C=C/C(CC(=O)O)OC. The van der Waals surface area contributed by atoms with E-state index in [0.29, 0.717) is 0 Å². The summed E-state index contributed by atoms with van der Waals surface area (Å²) in [6, 6.07) is 0. The highest BCUT2D eigenvalue weighted by Crippen LogP contribution is 1.99. The van der Waals surface area contributed by atoms with Crippen molar-refractivity contribution in [2.45, 2.75) is 12.5 Å². The summed E-state index contributed by atoms with van der Waals surface area (Å²) in [7, 11) is 1.48. The van der Waals surface area contributed by atoms with Crippen LogP contribution in [-0.2, 0) is 9.53 Å². The Balaban J connectivity index is 3.96. The van der Waals surface area contributed by atoms with Crippen molar-refractivity contribution in [3.63, 3.8) is 0 Å². The van der Waals surface area contributed by atoms with E-state index in [9.17, 15) is 4.79 Å². The van der Waals surface area contributed by atoms with Gasteiger partial charge in [0, 0.05) is 7.11 Å². The number of hydrogen-bond donors (Lipinski definition) is 1. The Hall–Kier alpha value is -1.35. The summed E-state index contributed by atoms with van der Waals surface area (Å²) in [4.78, 5) is 10.3. The molecule has 0 amide bonds. The maximum absolute atomic E-state index is 10.3. The van der Waals surface area contributed by atoms with E-state index in [-0.39, 0.29) is 12.5 Å². The standard InChI is InChI=1S/C10H14O3/c1-3-4-5-6-7-9(13-2)8-10(11)12/h3-7,9H,1,8H2,2H3,(H,11,12)/b5-4+,7-6+. The highest BCUT2D eigenvalue weighted by Gasteiger charge is 2.06. The topological polar surface area (TPSA) is 46.5 Å². The first-order valence-corrected chi connectivity index (χ1v) is 3.91. The Labute approximate surface area is 78.0 Å². The highest BCUT2D eigenvalue weighted by atomic mass is 16.5. The minimum atomic E-state index is -0.871. The van der Waals surface area contributed by atoms with Gasteiger partial charge in [-0.2, -0.15) is 0 Å². The molecule has 0 bridgehead atoms. The predicted molar refractivity (Wildman–Crippen MR) is 51.5 cm³/mol. The average molecular weight is 182 g/mol. The summed E-state index contributed by atoms with van der Waals surface area (Å²) in [6.45, 7) is 3.50. The van der Waals surface area contributed by atoms with E-state index in [1.54, 1.807) is 30.4 Å². The molecule has 0 aromatic carbocycles. The lowest BCUT2D eigenvalue weighted by Crippen LogP contribution is -2.12. The van der Waals surface area contributed by atoms with Crippen molar-refractivity contribution >= 4 is 5.97 Å². The molecule has 0 heterocycles. The third kappa shape index (κ3) is 7.03. The molecule has 72 valence electrons. The third-order valence-corrected chi connectivity index (χ3v) is 1.36. The fourth-order valence-electron chi connectivity index (χ4n) is 0.733. The molecule has 1 N–H and O–H groups in total. The van der Waals surface area contributed by atoms with Crippen LogP contribution in [0.5, 0.6) is 0 Å². The van der Waals surface area contributed by atoms with E-state index in [0.717, 1.165) is 0 Å². The zero-order chi connectivity index (χ0) is 10.1. The first kappa shape index (κ1) is 11.6. The number of ether oxygens (including phenoxy) is 1. The molecule has 1 atom stereocenters. The van der Waals surface area contributed by atoms with E-state index in [2.05, 4.69) is 6.58 Å². The number of carboxylic acids is 1. The van der Waals surface area contributed by atoms with Crippen molar-refractivity contribution < 1.29 is 14.6 Å². The molecule has 1 unspecified atom stereocenters. The monoisotopic (exact) mass is 182 g/mol. The maximum atomic E-state index is 10.3. The maximum Gasteiger partial charge on any atom is 0.306 e. The molecule has 0 aliphatic carbocycles. The zero-order valence-electron chi connectivity index (χ0n) is 7.64. The second kappa shape index (κ2) is 7.31. The second-order valence-corrected chi connectivity index (χ2v) is 2.38. The molecule has 0 aliphatic rings. The van der Waals surface area contributed by atoms with Gasteiger partial charge in [-0.3, -0.25) is 4.79 Å². The van der Waals surface area contributed by atoms with Crippen LogP contribution in [0.2, 0.25) is 0 Å². The van der Waals surface area contributed by atoms with Crippen molar-refractivity contribution in [3.8, 4) is 0 Å². The van der Waals surface area contributed by atoms with Gasteiger partial charge < -0.3 is 9.84 Å². The Morgan fingerprint density at radius 1 is 1.54 bits per heavy atom. The van der Waals surface area contributed by atoms with Gasteiger partial charge in [0.15, 0.2) is 0 Å². The molecule has 13 heavy (non-hydrogen) atoms. The molecule has 3 nitrogen and oxygen atoms in total. The van der Waals surface area contributed by atoms with Gasteiger partial charge in [0.2, 0.25) is 0 Å². The van der Waals surface area contributed by atoms with E-state index in [1.165, 1.54) is 7.11 Å². The predicted octanol–water partition coefficient (Wildman–Crippen LogP) is 1.77. The molecule has 0 aliphatic heterocycles. The molecular weight excluding hydrogens is 168 g/mol. The van der Waals surface area contributed by atoms with Crippen LogP contribution >= 0.6 is 0 Å². The van der Waals surface area contributed by atoms with Gasteiger partial charge in [0.25, 0.3) is 0 Å². The zero-order valence-corrected chi connectivity index (χ0v) is 7.64. The van der Waals surface area contributed by atoms with Crippen molar-refractivity contribution in [3.05, 3.63) is 37.0 Å². The first-order chi connectivity index (χ1) is 6.20. The number of aliphatic carboxylic acids is 1. The Morgan fingerprint density at radius 3 is 2.69 bits per heavy atom. The lowest BCUT2D eigenvalue weighted by molar-refractivity contribution is -0.138. The van der Waals surface area contributed by atoms with Gasteiger partial charge in [-0.1, -0.05) is 37.0 Å². The van der Waals surface area contributed by atoms with Gasteiger partial charge >= 0.3 is 5.97 Å². The van der Waals surface area contributed by atoms with Crippen LogP contribution in [0.25, 0.3) is 0 Å². The number of carboxylic acid groups (broad SMARTS) is 1. The summed E-state index contributed by atoms with van der Waals surface area (Å²) >= 11 is 0. The molecule has 0 saturated carbocycles. The summed E-state index contributed by atoms with van der Waals surface area (Å²) in [5.74, 6) is -0.871. The lowest BCUT2D eigenvalue weighted by atomic mass is 10.2. The van der Waals surface area contributed by atoms with E-state index < -0.39 is 5.97 Å². The number of hydrogen-bond acceptors (Lipinski definition) is 2. The van der Waals surface area contributed by atoms with Crippen LogP contribution in [0.15, 0.2) is 37.0 Å². The van der Waals surface area contributed by atoms with Crippen LogP contribution in [0.3, 0.4) is 0 Å². The molecular formula is C10H14O3. The lowest BCUT2D eigenvalue weighted by Gasteiger charge is -2.05. The number of methoxy groups -OCH3 is 1. The molecule has 0 rings (SSSR count). The quantitative estimate of drug-likeness (QED) is 0.637. The Bertz CT molecular complexity index is 216. The fraction of sp³-hybridized carbons (Fsp3) is 0.300. The summed E-state index contributed by atoms with van der Waals surface area (Å²) in [5.41, 5.74) is 0. The molecule has 0 saturated heterocycles. The smallest absolute Gasteiger partial charge is 0.306 e. The molecule has 0 fully saturated rings. The summed E-state index contributed by atoms with van der Waals surface area (Å²) in [5, 5.41) is 8.47. The van der Waals surface area contributed by atoms with Gasteiger partial charge in [-0.05, 0) is 0 Å². The van der Waals surface area contributed by atoms with Crippen molar-refractivity contribution in [1.29, 1.82) is 0 Å². The van der Waals surface area contributed by atoms with Crippen LogP contribution in [0.1, 0.15) is 6.42 Å². The molecule has 0 aromatic rings. The van der Waals surface area contributed by atoms with Crippen LogP contribution in [0, 0.1) is 0 Å². The van der Waals surface area contributed by atoms with Crippen molar-refractivity contribution in [2.24, 2.45) is 0 Å². The van der Waals surface area contributed by atoms with Gasteiger partial charge in [0.1, 0.15) is 0 Å². The van der Waals surface area contributed by atoms with Crippen LogP contribution < -0.4 is 0 Å². The molecule has 3 heteroatoms. The van der Waals surface area contributed by atoms with Crippen LogP contribution in [0.4, 0.5) is 0 Å². The average Bonchev–Trinajstić information content (AvgIpc) is 2.09. The third-order valence-electron chi connectivity index (χ3n) is 1.36. The minimum absolute atomic E-state index is 0.0189. The van der Waals surface area contributed by atoms with Crippen molar-refractivity contribution in [1.82, 2.24) is 0 Å². The Morgan fingerprint density at radius 2 is 2.23 bits per heavy atom. The van der Waals surface area contributed by atoms with Gasteiger partial charge in [-0.25, -0.2) is 0 Å².